The predicted octanol–water partition coefficient (Wildman–Crippen LogP) is 6.63. The minimum Gasteiger partial charge on any atom is -0.366 e. The summed E-state index contributed by atoms with van der Waals surface area (Å²) in [6.07, 6.45) is -4.47. The first-order chi connectivity index (χ1) is 15.8. The number of amides is 1. The first kappa shape index (κ1) is 20.8. The fourth-order valence-corrected chi connectivity index (χ4v) is 4.44. The number of benzene rings is 4. The van der Waals surface area contributed by atoms with Crippen molar-refractivity contribution in [1.82, 2.24) is 4.57 Å². The second-order valence-corrected chi connectivity index (χ2v) is 7.90. The maximum absolute atomic E-state index is 13.7. The lowest BCUT2D eigenvalue weighted by Gasteiger charge is -2.15. The lowest BCUT2D eigenvalue weighted by atomic mass is 10.0. The molecule has 4 aromatic carbocycles. The van der Waals surface area contributed by atoms with Gasteiger partial charge in [0.1, 0.15) is 0 Å². The summed E-state index contributed by atoms with van der Waals surface area (Å²) in [7, 11) is 0. The standard InChI is InChI=1S/C27H19F3N2O/c28-27(29,30)22-11-5-4-9-19(22)16-32-23-12-6-10-21(26(31)33)25(23)20-14-13-18(15-24(20)32)17-7-2-1-3-8-17/h1-15H,16H2,(H2,31,33). The summed E-state index contributed by atoms with van der Waals surface area (Å²) >= 11 is 0. The molecule has 5 rings (SSSR count). The third kappa shape index (κ3) is 3.63. The van der Waals surface area contributed by atoms with Crippen LogP contribution in [0.1, 0.15) is 21.5 Å². The van der Waals surface area contributed by atoms with Crippen molar-refractivity contribution >= 4 is 27.7 Å². The van der Waals surface area contributed by atoms with Gasteiger partial charge in [0, 0.05) is 22.9 Å². The molecule has 1 amide bonds. The number of rotatable bonds is 4. The van der Waals surface area contributed by atoms with Gasteiger partial charge in [0.15, 0.2) is 0 Å². The van der Waals surface area contributed by atoms with E-state index in [4.69, 9.17) is 5.73 Å². The number of alkyl halides is 3. The zero-order valence-electron chi connectivity index (χ0n) is 17.4. The van der Waals surface area contributed by atoms with Crippen LogP contribution in [-0.4, -0.2) is 10.5 Å². The van der Waals surface area contributed by atoms with Crippen molar-refractivity contribution in [2.75, 3.05) is 0 Å². The maximum atomic E-state index is 13.7. The molecule has 0 fully saturated rings. The maximum Gasteiger partial charge on any atom is 0.416 e. The molecule has 1 aromatic heterocycles. The highest BCUT2D eigenvalue weighted by Crippen LogP contribution is 2.37. The minimum absolute atomic E-state index is 0.00383. The SMILES string of the molecule is NC(=O)c1cccc2c1c1ccc(-c3ccccc3)cc1n2Cc1ccccc1C(F)(F)F. The fraction of sp³-hybridized carbons (Fsp3) is 0.0741. The topological polar surface area (TPSA) is 48.0 Å². The molecule has 0 saturated carbocycles. The van der Waals surface area contributed by atoms with Gasteiger partial charge in [0.25, 0.3) is 0 Å². The second-order valence-electron chi connectivity index (χ2n) is 7.90. The molecule has 0 spiro atoms. The van der Waals surface area contributed by atoms with Crippen LogP contribution >= 0.6 is 0 Å². The van der Waals surface area contributed by atoms with Crippen LogP contribution in [0.3, 0.4) is 0 Å². The lowest BCUT2D eigenvalue weighted by molar-refractivity contribution is -0.138. The van der Waals surface area contributed by atoms with Gasteiger partial charge >= 0.3 is 6.18 Å². The molecule has 0 aliphatic heterocycles. The number of primary amides is 1. The largest absolute Gasteiger partial charge is 0.416 e. The smallest absolute Gasteiger partial charge is 0.366 e. The molecule has 1 heterocycles. The van der Waals surface area contributed by atoms with E-state index in [2.05, 4.69) is 0 Å². The molecular weight excluding hydrogens is 425 g/mol. The van der Waals surface area contributed by atoms with Crippen LogP contribution in [0.2, 0.25) is 0 Å². The molecule has 0 aliphatic rings. The zero-order valence-corrected chi connectivity index (χ0v) is 17.4. The van der Waals surface area contributed by atoms with Crippen LogP contribution in [0.25, 0.3) is 32.9 Å². The molecule has 0 saturated heterocycles. The third-order valence-corrected chi connectivity index (χ3v) is 5.91. The summed E-state index contributed by atoms with van der Waals surface area (Å²) in [5.41, 5.74) is 8.76. The van der Waals surface area contributed by atoms with Crippen molar-refractivity contribution < 1.29 is 18.0 Å². The van der Waals surface area contributed by atoms with Crippen LogP contribution in [0, 0.1) is 0 Å². The second kappa shape index (κ2) is 7.81. The minimum atomic E-state index is -4.47. The Morgan fingerprint density at radius 2 is 1.52 bits per heavy atom. The Kier molecular flexibility index (Phi) is 4.93. The average molecular weight is 444 g/mol. The van der Waals surface area contributed by atoms with E-state index in [1.54, 1.807) is 24.3 Å². The Balaban J connectivity index is 1.81. The van der Waals surface area contributed by atoms with Gasteiger partial charge in [-0.3, -0.25) is 4.79 Å². The van der Waals surface area contributed by atoms with Crippen molar-refractivity contribution in [1.29, 1.82) is 0 Å². The van der Waals surface area contributed by atoms with Gasteiger partial charge in [0.2, 0.25) is 5.91 Å². The van der Waals surface area contributed by atoms with Crippen LogP contribution in [0.15, 0.2) is 91.0 Å². The molecule has 0 radical (unpaired) electrons. The molecule has 0 unspecified atom stereocenters. The third-order valence-electron chi connectivity index (χ3n) is 5.91. The molecular formula is C27H19F3N2O. The molecule has 2 N–H and O–H groups in total. The first-order valence-corrected chi connectivity index (χ1v) is 10.4. The molecule has 5 aromatic rings. The Morgan fingerprint density at radius 3 is 2.24 bits per heavy atom. The summed E-state index contributed by atoms with van der Waals surface area (Å²) in [6, 6.07) is 26.2. The van der Waals surface area contributed by atoms with Crippen molar-refractivity contribution in [2.45, 2.75) is 12.7 Å². The van der Waals surface area contributed by atoms with E-state index in [0.29, 0.717) is 16.5 Å². The molecule has 0 bridgehead atoms. The number of hydrogen-bond donors (Lipinski definition) is 1. The highest BCUT2D eigenvalue weighted by molar-refractivity contribution is 6.18. The molecule has 164 valence electrons. The normalized spacial score (nSPS) is 11.8. The summed E-state index contributed by atoms with van der Waals surface area (Å²) in [5.74, 6) is -0.581. The Hall–Kier alpha value is -4.06. The number of aromatic nitrogens is 1. The van der Waals surface area contributed by atoms with Crippen LogP contribution in [0.5, 0.6) is 0 Å². The van der Waals surface area contributed by atoms with Crippen LogP contribution in [-0.2, 0) is 12.7 Å². The van der Waals surface area contributed by atoms with Gasteiger partial charge in [-0.2, -0.15) is 13.2 Å². The summed E-state index contributed by atoms with van der Waals surface area (Å²) < 4.78 is 42.9. The van der Waals surface area contributed by atoms with Gasteiger partial charge in [-0.1, -0.05) is 66.7 Å². The number of halogens is 3. The number of carbonyl (C=O) groups is 1. The molecule has 33 heavy (non-hydrogen) atoms. The van der Waals surface area contributed by atoms with Gasteiger partial charge in [0.05, 0.1) is 16.6 Å². The Bertz CT molecular complexity index is 1500. The van der Waals surface area contributed by atoms with E-state index in [9.17, 15) is 18.0 Å². The number of nitrogens with zero attached hydrogens (tertiary/aromatic N) is 1. The van der Waals surface area contributed by atoms with E-state index in [1.807, 2.05) is 53.1 Å². The number of nitrogens with two attached hydrogens (primary N) is 1. The van der Waals surface area contributed by atoms with Crippen LogP contribution in [0.4, 0.5) is 13.2 Å². The fourth-order valence-electron chi connectivity index (χ4n) is 4.44. The summed E-state index contributed by atoms with van der Waals surface area (Å²) in [4.78, 5) is 12.2. The number of fused-ring (bicyclic) bond motifs is 3. The van der Waals surface area contributed by atoms with E-state index >= 15 is 0 Å². The molecule has 6 heteroatoms. The van der Waals surface area contributed by atoms with E-state index in [-0.39, 0.29) is 12.1 Å². The lowest BCUT2D eigenvalue weighted by Crippen LogP contribution is -2.12. The van der Waals surface area contributed by atoms with Gasteiger partial charge in [-0.15, -0.1) is 0 Å². The molecule has 3 nitrogen and oxygen atoms in total. The Morgan fingerprint density at radius 1 is 0.788 bits per heavy atom. The van der Waals surface area contributed by atoms with Crippen LogP contribution < -0.4 is 5.73 Å². The van der Waals surface area contributed by atoms with E-state index < -0.39 is 17.6 Å². The van der Waals surface area contributed by atoms with Gasteiger partial charge < -0.3 is 10.3 Å². The van der Waals surface area contributed by atoms with Gasteiger partial charge in [-0.05, 0) is 41.0 Å². The number of carbonyl (C=O) groups excluding carboxylic acids is 1. The van der Waals surface area contributed by atoms with Gasteiger partial charge in [-0.25, -0.2) is 0 Å². The Labute approximate surface area is 187 Å². The quantitative estimate of drug-likeness (QED) is 0.332. The average Bonchev–Trinajstić information content (AvgIpc) is 3.12. The number of hydrogen-bond acceptors (Lipinski definition) is 1. The van der Waals surface area contributed by atoms with E-state index in [0.717, 1.165) is 28.1 Å². The van der Waals surface area contributed by atoms with Crippen molar-refractivity contribution in [2.24, 2.45) is 5.73 Å². The van der Waals surface area contributed by atoms with Crippen molar-refractivity contribution in [3.63, 3.8) is 0 Å². The van der Waals surface area contributed by atoms with Crippen molar-refractivity contribution in [3.8, 4) is 11.1 Å². The summed E-state index contributed by atoms with van der Waals surface area (Å²) in [6.45, 7) is -0.00383. The summed E-state index contributed by atoms with van der Waals surface area (Å²) in [5, 5.41) is 1.41. The molecule has 0 atom stereocenters. The van der Waals surface area contributed by atoms with Crippen molar-refractivity contribution in [3.05, 3.63) is 108 Å². The highest BCUT2D eigenvalue weighted by Gasteiger charge is 2.33. The predicted molar refractivity (Wildman–Crippen MR) is 124 cm³/mol. The van der Waals surface area contributed by atoms with E-state index in [1.165, 1.54) is 12.1 Å². The first-order valence-electron chi connectivity index (χ1n) is 10.4. The molecule has 0 aliphatic carbocycles. The monoisotopic (exact) mass is 444 g/mol. The zero-order chi connectivity index (χ0) is 23.2. The highest BCUT2D eigenvalue weighted by atomic mass is 19.4.